The molecular formula is C16H17N3. The molecule has 96 valence electrons. The fraction of sp³-hybridized carbons (Fsp3) is 0.250. The van der Waals surface area contributed by atoms with E-state index >= 15 is 0 Å². The third-order valence-corrected chi connectivity index (χ3v) is 3.36. The van der Waals surface area contributed by atoms with E-state index in [0.29, 0.717) is 0 Å². The summed E-state index contributed by atoms with van der Waals surface area (Å²) in [5.74, 6) is 0. The van der Waals surface area contributed by atoms with Gasteiger partial charge in [0.25, 0.3) is 0 Å². The summed E-state index contributed by atoms with van der Waals surface area (Å²) in [5.41, 5.74) is 8.09. The molecule has 1 aliphatic heterocycles. The van der Waals surface area contributed by atoms with Gasteiger partial charge >= 0.3 is 0 Å². The molecule has 0 aliphatic carbocycles. The van der Waals surface area contributed by atoms with Gasteiger partial charge in [-0.05, 0) is 60.7 Å². The van der Waals surface area contributed by atoms with Gasteiger partial charge in [-0.1, -0.05) is 12.1 Å². The summed E-state index contributed by atoms with van der Waals surface area (Å²) in [4.78, 5) is 4.06. The number of rotatable bonds is 1. The Labute approximate surface area is 113 Å². The van der Waals surface area contributed by atoms with Crippen LogP contribution in [0, 0.1) is 0 Å². The number of hydrogen-bond acceptors (Lipinski definition) is 3. The van der Waals surface area contributed by atoms with Crippen LogP contribution < -0.4 is 5.43 Å². The van der Waals surface area contributed by atoms with Crippen LogP contribution in [0.2, 0.25) is 0 Å². The van der Waals surface area contributed by atoms with E-state index in [-0.39, 0.29) is 5.54 Å². The van der Waals surface area contributed by atoms with Gasteiger partial charge in [-0.3, -0.25) is 4.98 Å². The average Bonchev–Trinajstić information content (AvgIpc) is 2.56. The Hall–Kier alpha value is -2.16. The molecule has 3 nitrogen and oxygen atoms in total. The van der Waals surface area contributed by atoms with Crippen LogP contribution in [0.4, 0.5) is 0 Å². The summed E-state index contributed by atoms with van der Waals surface area (Å²) >= 11 is 0. The molecule has 3 heteroatoms. The molecule has 0 amide bonds. The first kappa shape index (κ1) is 11.9. The molecule has 0 bridgehead atoms. The Morgan fingerprint density at radius 2 is 1.84 bits per heavy atom. The molecule has 0 unspecified atom stereocenters. The number of fused-ring (bicyclic) bond motifs is 1. The van der Waals surface area contributed by atoms with Crippen molar-refractivity contribution in [2.24, 2.45) is 5.10 Å². The van der Waals surface area contributed by atoms with Gasteiger partial charge in [0.05, 0.1) is 11.8 Å². The first-order valence-corrected chi connectivity index (χ1v) is 6.48. The van der Waals surface area contributed by atoms with Crippen molar-refractivity contribution in [1.29, 1.82) is 0 Å². The summed E-state index contributed by atoms with van der Waals surface area (Å²) in [5, 5.41) is 4.31. The van der Waals surface area contributed by atoms with E-state index in [1.807, 2.05) is 30.7 Å². The highest BCUT2D eigenvalue weighted by Gasteiger charge is 2.21. The molecule has 0 spiro atoms. The molecule has 0 saturated carbocycles. The van der Waals surface area contributed by atoms with Gasteiger partial charge in [-0.25, -0.2) is 0 Å². The number of pyridine rings is 1. The average molecular weight is 251 g/mol. The minimum absolute atomic E-state index is 0.0000659. The number of hydrazone groups is 1. The zero-order chi connectivity index (χ0) is 13.3. The maximum Gasteiger partial charge on any atom is 0.0543 e. The van der Waals surface area contributed by atoms with Gasteiger partial charge in [0.1, 0.15) is 0 Å². The SMILES string of the molecule is CC1(C)Cc2ccc(-c3ccncc3)cc2C=NN1. The van der Waals surface area contributed by atoms with Crippen molar-refractivity contribution in [2.45, 2.75) is 25.8 Å². The third kappa shape index (κ3) is 2.50. The normalized spacial score (nSPS) is 16.3. The third-order valence-electron chi connectivity index (χ3n) is 3.36. The van der Waals surface area contributed by atoms with E-state index in [2.05, 4.69) is 47.6 Å². The highest BCUT2D eigenvalue weighted by Crippen LogP contribution is 2.25. The zero-order valence-corrected chi connectivity index (χ0v) is 11.2. The fourth-order valence-electron chi connectivity index (χ4n) is 2.39. The van der Waals surface area contributed by atoms with Crippen LogP contribution in [-0.4, -0.2) is 16.7 Å². The van der Waals surface area contributed by atoms with Crippen molar-refractivity contribution in [3.05, 3.63) is 53.9 Å². The van der Waals surface area contributed by atoms with Gasteiger partial charge in [-0.15, -0.1) is 0 Å². The van der Waals surface area contributed by atoms with Crippen molar-refractivity contribution in [2.75, 3.05) is 0 Å². The van der Waals surface area contributed by atoms with Crippen molar-refractivity contribution in [3.63, 3.8) is 0 Å². The minimum Gasteiger partial charge on any atom is -0.304 e. The standard InChI is InChI=1S/C16H17N3/c1-16(2)10-14-4-3-13(9-15(14)11-18-19-16)12-5-7-17-8-6-12/h3-9,11,19H,10H2,1-2H3. The van der Waals surface area contributed by atoms with E-state index in [9.17, 15) is 0 Å². The van der Waals surface area contributed by atoms with Crippen LogP contribution in [0.1, 0.15) is 25.0 Å². The van der Waals surface area contributed by atoms with Crippen molar-refractivity contribution in [3.8, 4) is 11.1 Å². The molecule has 0 radical (unpaired) electrons. The predicted molar refractivity (Wildman–Crippen MR) is 78.2 cm³/mol. The van der Waals surface area contributed by atoms with Gasteiger partial charge in [0.15, 0.2) is 0 Å². The number of aromatic nitrogens is 1. The topological polar surface area (TPSA) is 37.3 Å². The van der Waals surface area contributed by atoms with Gasteiger partial charge in [0.2, 0.25) is 0 Å². The predicted octanol–water partition coefficient (Wildman–Crippen LogP) is 3.01. The lowest BCUT2D eigenvalue weighted by Gasteiger charge is -2.22. The lowest BCUT2D eigenvalue weighted by atomic mass is 9.91. The molecule has 0 fully saturated rings. The summed E-state index contributed by atoms with van der Waals surface area (Å²) in [6, 6.07) is 10.6. The minimum atomic E-state index is -0.0000659. The summed E-state index contributed by atoms with van der Waals surface area (Å²) in [6.07, 6.45) is 6.52. The van der Waals surface area contributed by atoms with Crippen LogP contribution >= 0.6 is 0 Å². The summed E-state index contributed by atoms with van der Waals surface area (Å²) in [6.45, 7) is 4.33. The maximum atomic E-state index is 4.31. The first-order chi connectivity index (χ1) is 9.14. The molecule has 19 heavy (non-hydrogen) atoms. The second-order valence-electron chi connectivity index (χ2n) is 5.58. The van der Waals surface area contributed by atoms with E-state index in [1.54, 1.807) is 0 Å². The highest BCUT2D eigenvalue weighted by molar-refractivity contribution is 5.85. The molecule has 1 aliphatic rings. The molecule has 2 aromatic rings. The van der Waals surface area contributed by atoms with Crippen LogP contribution in [0.25, 0.3) is 11.1 Å². The van der Waals surface area contributed by atoms with Gasteiger partial charge in [0, 0.05) is 12.4 Å². The van der Waals surface area contributed by atoms with Crippen molar-refractivity contribution < 1.29 is 0 Å². The molecule has 2 heterocycles. The van der Waals surface area contributed by atoms with Crippen LogP contribution in [0.5, 0.6) is 0 Å². The Kier molecular flexibility index (Phi) is 2.82. The van der Waals surface area contributed by atoms with Gasteiger partial charge in [-0.2, -0.15) is 5.10 Å². The Bertz CT molecular complexity index is 615. The molecule has 1 aromatic carbocycles. The molecule has 3 rings (SSSR count). The first-order valence-electron chi connectivity index (χ1n) is 6.48. The molecule has 0 saturated heterocycles. The smallest absolute Gasteiger partial charge is 0.0543 e. The Balaban J connectivity index is 2.03. The largest absolute Gasteiger partial charge is 0.304 e. The van der Waals surface area contributed by atoms with E-state index in [4.69, 9.17) is 0 Å². The maximum absolute atomic E-state index is 4.31. The number of benzene rings is 1. The second-order valence-corrected chi connectivity index (χ2v) is 5.58. The number of hydrogen-bond donors (Lipinski definition) is 1. The second kappa shape index (κ2) is 4.50. The Morgan fingerprint density at radius 1 is 1.05 bits per heavy atom. The summed E-state index contributed by atoms with van der Waals surface area (Å²) < 4.78 is 0. The fourth-order valence-corrected chi connectivity index (χ4v) is 2.39. The number of nitrogens with zero attached hydrogens (tertiary/aromatic N) is 2. The zero-order valence-electron chi connectivity index (χ0n) is 11.2. The molecular weight excluding hydrogens is 234 g/mol. The highest BCUT2D eigenvalue weighted by atomic mass is 15.3. The monoisotopic (exact) mass is 251 g/mol. The van der Waals surface area contributed by atoms with E-state index in [0.717, 1.165) is 6.42 Å². The Morgan fingerprint density at radius 3 is 2.63 bits per heavy atom. The quantitative estimate of drug-likeness (QED) is 0.846. The van der Waals surface area contributed by atoms with Crippen LogP contribution in [-0.2, 0) is 6.42 Å². The molecule has 1 aromatic heterocycles. The van der Waals surface area contributed by atoms with E-state index < -0.39 is 0 Å². The van der Waals surface area contributed by atoms with E-state index in [1.165, 1.54) is 22.3 Å². The van der Waals surface area contributed by atoms with Crippen LogP contribution in [0.3, 0.4) is 0 Å². The van der Waals surface area contributed by atoms with Crippen molar-refractivity contribution in [1.82, 2.24) is 10.4 Å². The summed E-state index contributed by atoms with van der Waals surface area (Å²) in [7, 11) is 0. The lowest BCUT2D eigenvalue weighted by molar-refractivity contribution is 0.402. The van der Waals surface area contributed by atoms with Crippen LogP contribution in [0.15, 0.2) is 47.8 Å². The molecule has 1 N–H and O–H groups in total. The lowest BCUT2D eigenvalue weighted by Crippen LogP contribution is -2.36. The van der Waals surface area contributed by atoms with Crippen molar-refractivity contribution >= 4 is 6.21 Å². The molecule has 0 atom stereocenters. The number of nitrogens with one attached hydrogen (secondary N) is 1. The van der Waals surface area contributed by atoms with Gasteiger partial charge < -0.3 is 5.43 Å².